The summed E-state index contributed by atoms with van der Waals surface area (Å²) in [4.78, 5) is 0. The molecule has 1 aromatic rings. The molecule has 2 heteroatoms. The standard InChI is InChI=1S/C16H26O2/c1-16(2,3)11-9-15(17)14-7-5-13(6-8-14)10-12-18-4/h5-8,15,17H,9-12H2,1-4H3. The first kappa shape index (κ1) is 15.2. The van der Waals surface area contributed by atoms with Gasteiger partial charge in [0.05, 0.1) is 12.7 Å². The van der Waals surface area contributed by atoms with Crippen LogP contribution in [0, 0.1) is 5.41 Å². The molecule has 0 aliphatic carbocycles. The van der Waals surface area contributed by atoms with Crippen molar-refractivity contribution < 1.29 is 9.84 Å². The molecule has 0 saturated heterocycles. The van der Waals surface area contributed by atoms with E-state index in [1.165, 1.54) is 5.56 Å². The van der Waals surface area contributed by atoms with Crippen molar-refractivity contribution in [2.45, 2.75) is 46.1 Å². The van der Waals surface area contributed by atoms with Crippen LogP contribution in [0.4, 0.5) is 0 Å². The van der Waals surface area contributed by atoms with E-state index in [2.05, 4.69) is 32.9 Å². The van der Waals surface area contributed by atoms with Gasteiger partial charge in [0, 0.05) is 7.11 Å². The van der Waals surface area contributed by atoms with Crippen molar-refractivity contribution in [1.29, 1.82) is 0 Å². The molecule has 0 heterocycles. The molecule has 0 saturated carbocycles. The van der Waals surface area contributed by atoms with Crippen LogP contribution < -0.4 is 0 Å². The molecule has 102 valence electrons. The molecule has 1 unspecified atom stereocenters. The second-order valence-electron chi connectivity index (χ2n) is 6.10. The Morgan fingerprint density at radius 1 is 1.17 bits per heavy atom. The minimum atomic E-state index is -0.347. The molecule has 0 radical (unpaired) electrons. The molecule has 18 heavy (non-hydrogen) atoms. The molecule has 0 fully saturated rings. The predicted molar refractivity (Wildman–Crippen MR) is 75.7 cm³/mol. The maximum absolute atomic E-state index is 10.1. The van der Waals surface area contributed by atoms with Crippen molar-refractivity contribution in [3.63, 3.8) is 0 Å². The lowest BCUT2D eigenvalue weighted by molar-refractivity contribution is 0.147. The van der Waals surface area contributed by atoms with E-state index in [0.717, 1.165) is 31.4 Å². The Kier molecular flexibility index (Phi) is 5.83. The molecular formula is C16H26O2. The molecule has 1 N–H and O–H groups in total. The summed E-state index contributed by atoms with van der Waals surface area (Å²) in [5.41, 5.74) is 2.54. The Bertz CT molecular complexity index is 335. The summed E-state index contributed by atoms with van der Waals surface area (Å²) in [6, 6.07) is 8.21. The molecular weight excluding hydrogens is 224 g/mol. The van der Waals surface area contributed by atoms with Crippen LogP contribution in [0.3, 0.4) is 0 Å². The van der Waals surface area contributed by atoms with Crippen LogP contribution in [0.25, 0.3) is 0 Å². The zero-order chi connectivity index (χ0) is 13.6. The zero-order valence-corrected chi connectivity index (χ0v) is 12.1. The third-order valence-corrected chi connectivity index (χ3v) is 3.13. The highest BCUT2D eigenvalue weighted by molar-refractivity contribution is 5.24. The van der Waals surface area contributed by atoms with Crippen LogP contribution in [0.1, 0.15) is 50.8 Å². The van der Waals surface area contributed by atoms with Gasteiger partial charge in [0.25, 0.3) is 0 Å². The Hall–Kier alpha value is -0.860. The van der Waals surface area contributed by atoms with E-state index in [1.807, 2.05) is 12.1 Å². The predicted octanol–water partition coefficient (Wildman–Crippen LogP) is 3.74. The van der Waals surface area contributed by atoms with Crippen LogP contribution >= 0.6 is 0 Å². The molecule has 1 aromatic carbocycles. The summed E-state index contributed by atoms with van der Waals surface area (Å²) in [6.45, 7) is 7.35. The van der Waals surface area contributed by atoms with Gasteiger partial charge < -0.3 is 9.84 Å². The lowest BCUT2D eigenvalue weighted by atomic mass is 9.88. The average Bonchev–Trinajstić information content (AvgIpc) is 2.33. The number of rotatable bonds is 6. The van der Waals surface area contributed by atoms with Crippen LogP contribution in [-0.2, 0) is 11.2 Å². The Morgan fingerprint density at radius 2 is 1.78 bits per heavy atom. The SMILES string of the molecule is COCCc1ccc(C(O)CCC(C)(C)C)cc1. The van der Waals surface area contributed by atoms with Crippen LogP contribution in [0.5, 0.6) is 0 Å². The van der Waals surface area contributed by atoms with Crippen LogP contribution in [-0.4, -0.2) is 18.8 Å². The fourth-order valence-corrected chi connectivity index (χ4v) is 1.86. The average molecular weight is 250 g/mol. The highest BCUT2D eigenvalue weighted by Gasteiger charge is 2.14. The van der Waals surface area contributed by atoms with Crippen molar-refractivity contribution in [3.05, 3.63) is 35.4 Å². The Labute approximate surface area is 111 Å². The lowest BCUT2D eigenvalue weighted by Gasteiger charge is -2.20. The van der Waals surface area contributed by atoms with Crippen molar-refractivity contribution in [2.24, 2.45) is 5.41 Å². The van der Waals surface area contributed by atoms with Crippen molar-refractivity contribution in [3.8, 4) is 0 Å². The fourth-order valence-electron chi connectivity index (χ4n) is 1.86. The summed E-state index contributed by atoms with van der Waals surface area (Å²) < 4.78 is 5.05. The molecule has 0 bridgehead atoms. The van der Waals surface area contributed by atoms with E-state index < -0.39 is 0 Å². The third-order valence-electron chi connectivity index (χ3n) is 3.13. The van der Waals surface area contributed by atoms with Gasteiger partial charge in [-0.2, -0.15) is 0 Å². The molecule has 0 spiro atoms. The molecule has 0 aliphatic rings. The van der Waals surface area contributed by atoms with Gasteiger partial charge in [0.15, 0.2) is 0 Å². The Balaban J connectivity index is 2.51. The molecule has 2 nitrogen and oxygen atoms in total. The number of hydrogen-bond acceptors (Lipinski definition) is 2. The second kappa shape index (κ2) is 6.91. The molecule has 0 aromatic heterocycles. The van der Waals surface area contributed by atoms with Gasteiger partial charge in [-0.1, -0.05) is 45.0 Å². The number of methoxy groups -OCH3 is 1. The molecule has 1 rings (SSSR count). The van der Waals surface area contributed by atoms with Gasteiger partial charge in [-0.3, -0.25) is 0 Å². The van der Waals surface area contributed by atoms with Gasteiger partial charge in [0.2, 0.25) is 0 Å². The smallest absolute Gasteiger partial charge is 0.0790 e. The van der Waals surface area contributed by atoms with Gasteiger partial charge in [-0.05, 0) is 35.8 Å². The summed E-state index contributed by atoms with van der Waals surface area (Å²) in [7, 11) is 1.71. The first-order chi connectivity index (χ1) is 8.42. The van der Waals surface area contributed by atoms with E-state index >= 15 is 0 Å². The number of aliphatic hydroxyl groups excluding tert-OH is 1. The maximum atomic E-state index is 10.1. The molecule has 0 aliphatic heterocycles. The summed E-state index contributed by atoms with van der Waals surface area (Å²) in [5.74, 6) is 0. The van der Waals surface area contributed by atoms with E-state index in [1.54, 1.807) is 7.11 Å². The Morgan fingerprint density at radius 3 is 2.28 bits per heavy atom. The number of benzene rings is 1. The summed E-state index contributed by atoms with van der Waals surface area (Å²) >= 11 is 0. The number of aliphatic hydroxyl groups is 1. The topological polar surface area (TPSA) is 29.5 Å². The van der Waals surface area contributed by atoms with Gasteiger partial charge in [0.1, 0.15) is 0 Å². The van der Waals surface area contributed by atoms with E-state index in [9.17, 15) is 5.11 Å². The van der Waals surface area contributed by atoms with E-state index in [0.29, 0.717) is 0 Å². The highest BCUT2D eigenvalue weighted by atomic mass is 16.5. The quantitative estimate of drug-likeness (QED) is 0.833. The summed E-state index contributed by atoms with van der Waals surface area (Å²) in [6.07, 6.45) is 2.43. The van der Waals surface area contributed by atoms with Crippen molar-refractivity contribution in [1.82, 2.24) is 0 Å². The zero-order valence-electron chi connectivity index (χ0n) is 12.1. The van der Waals surface area contributed by atoms with Crippen LogP contribution in [0.2, 0.25) is 0 Å². The van der Waals surface area contributed by atoms with E-state index in [-0.39, 0.29) is 11.5 Å². The highest BCUT2D eigenvalue weighted by Crippen LogP contribution is 2.27. The molecule has 1 atom stereocenters. The van der Waals surface area contributed by atoms with Crippen molar-refractivity contribution in [2.75, 3.05) is 13.7 Å². The lowest BCUT2D eigenvalue weighted by Crippen LogP contribution is -2.08. The largest absolute Gasteiger partial charge is 0.388 e. The third kappa shape index (κ3) is 5.65. The molecule has 0 amide bonds. The van der Waals surface area contributed by atoms with Gasteiger partial charge >= 0.3 is 0 Å². The fraction of sp³-hybridized carbons (Fsp3) is 0.625. The van der Waals surface area contributed by atoms with Crippen LogP contribution in [0.15, 0.2) is 24.3 Å². The maximum Gasteiger partial charge on any atom is 0.0790 e. The number of ether oxygens (including phenoxy) is 1. The van der Waals surface area contributed by atoms with Gasteiger partial charge in [-0.25, -0.2) is 0 Å². The van der Waals surface area contributed by atoms with Gasteiger partial charge in [-0.15, -0.1) is 0 Å². The number of hydrogen-bond donors (Lipinski definition) is 1. The first-order valence-electron chi connectivity index (χ1n) is 6.68. The van der Waals surface area contributed by atoms with E-state index in [4.69, 9.17) is 4.74 Å². The monoisotopic (exact) mass is 250 g/mol. The van der Waals surface area contributed by atoms with Crippen molar-refractivity contribution >= 4 is 0 Å². The second-order valence-corrected chi connectivity index (χ2v) is 6.10. The normalized spacial score (nSPS) is 13.6. The minimum absolute atomic E-state index is 0.277. The minimum Gasteiger partial charge on any atom is -0.388 e. The first-order valence-corrected chi connectivity index (χ1v) is 6.68. The summed E-state index contributed by atoms with van der Waals surface area (Å²) in [5, 5.41) is 10.1.